The maximum atomic E-state index is 13.1. The fourth-order valence-corrected chi connectivity index (χ4v) is 1.31. The van der Waals surface area contributed by atoms with Crippen molar-refractivity contribution in [3.8, 4) is 0 Å². The summed E-state index contributed by atoms with van der Waals surface area (Å²) in [6.45, 7) is 6.23. The summed E-state index contributed by atoms with van der Waals surface area (Å²) in [6, 6.07) is 2.94. The van der Waals surface area contributed by atoms with Crippen molar-refractivity contribution in [2.45, 2.75) is 27.2 Å². The molecule has 1 aromatic carbocycles. The van der Waals surface area contributed by atoms with Crippen LogP contribution in [-0.2, 0) is 4.74 Å². The number of nitro benzene ring substituents is 1. The van der Waals surface area contributed by atoms with E-state index in [1.807, 2.05) is 20.8 Å². The Bertz CT molecular complexity index is 494. The maximum Gasteiger partial charge on any atom is 0.338 e. The smallest absolute Gasteiger partial charge is 0.338 e. The molecule has 19 heavy (non-hydrogen) atoms. The fourth-order valence-electron chi connectivity index (χ4n) is 1.31. The minimum atomic E-state index is -0.976. The molecule has 0 saturated heterocycles. The Kier molecular flexibility index (Phi) is 4.58. The Morgan fingerprint density at radius 2 is 2.05 bits per heavy atom. The molecule has 0 saturated carbocycles. The predicted octanol–water partition coefficient (Wildman–Crippen LogP) is 3.33. The highest BCUT2D eigenvalue weighted by Gasteiger charge is 2.19. The Morgan fingerprint density at radius 3 is 2.58 bits per heavy atom. The van der Waals surface area contributed by atoms with Crippen LogP contribution in [0.3, 0.4) is 0 Å². The second-order valence-corrected chi connectivity index (χ2v) is 5.37. The highest BCUT2D eigenvalue weighted by molar-refractivity contribution is 5.90. The van der Waals surface area contributed by atoms with E-state index >= 15 is 0 Å². The molecule has 0 aromatic heterocycles. The number of rotatable bonds is 4. The van der Waals surface area contributed by atoms with Crippen molar-refractivity contribution in [3.05, 3.63) is 39.7 Å². The molecule has 0 radical (unpaired) electrons. The van der Waals surface area contributed by atoms with Crippen molar-refractivity contribution < 1.29 is 18.8 Å². The van der Waals surface area contributed by atoms with Crippen LogP contribution in [0, 0.1) is 21.3 Å². The quantitative estimate of drug-likeness (QED) is 0.477. The number of carbonyl (C=O) groups is 1. The first kappa shape index (κ1) is 15.1. The van der Waals surface area contributed by atoms with Crippen LogP contribution < -0.4 is 0 Å². The Balaban J connectivity index is 2.73. The molecule has 0 fully saturated rings. The van der Waals surface area contributed by atoms with Gasteiger partial charge in [0.05, 0.1) is 17.1 Å². The van der Waals surface area contributed by atoms with Crippen molar-refractivity contribution in [2.24, 2.45) is 5.41 Å². The number of esters is 1. The van der Waals surface area contributed by atoms with Gasteiger partial charge in [-0.1, -0.05) is 20.8 Å². The van der Waals surface area contributed by atoms with Gasteiger partial charge in [-0.2, -0.15) is 4.39 Å². The minimum Gasteiger partial charge on any atom is -0.462 e. The van der Waals surface area contributed by atoms with Gasteiger partial charge in [0, 0.05) is 6.07 Å². The molecule has 0 heterocycles. The highest BCUT2D eigenvalue weighted by Crippen LogP contribution is 2.20. The summed E-state index contributed by atoms with van der Waals surface area (Å²) < 4.78 is 18.1. The second-order valence-electron chi connectivity index (χ2n) is 5.37. The van der Waals surface area contributed by atoms with Crippen LogP contribution >= 0.6 is 0 Å². The molecule has 0 aliphatic rings. The molecule has 0 atom stereocenters. The van der Waals surface area contributed by atoms with Crippen LogP contribution in [0.5, 0.6) is 0 Å². The third-order valence-electron chi connectivity index (χ3n) is 2.46. The summed E-state index contributed by atoms with van der Waals surface area (Å²) in [4.78, 5) is 21.3. The van der Waals surface area contributed by atoms with E-state index in [0.717, 1.165) is 12.1 Å². The minimum absolute atomic E-state index is 0.0229. The van der Waals surface area contributed by atoms with E-state index in [-0.39, 0.29) is 17.6 Å². The second kappa shape index (κ2) is 5.77. The van der Waals surface area contributed by atoms with E-state index in [0.29, 0.717) is 6.42 Å². The van der Waals surface area contributed by atoms with E-state index in [1.54, 1.807) is 0 Å². The first-order valence-electron chi connectivity index (χ1n) is 5.82. The summed E-state index contributed by atoms with van der Waals surface area (Å²) in [5.74, 6) is -1.66. The molecule has 0 amide bonds. The molecule has 1 rings (SSSR count). The number of ether oxygens (including phenoxy) is 1. The van der Waals surface area contributed by atoms with Crippen molar-refractivity contribution in [1.82, 2.24) is 0 Å². The van der Waals surface area contributed by atoms with E-state index in [4.69, 9.17) is 4.74 Å². The van der Waals surface area contributed by atoms with Gasteiger partial charge >= 0.3 is 11.7 Å². The highest BCUT2D eigenvalue weighted by atomic mass is 19.1. The van der Waals surface area contributed by atoms with Crippen LogP contribution in [0.2, 0.25) is 0 Å². The van der Waals surface area contributed by atoms with E-state index in [1.165, 1.54) is 6.07 Å². The van der Waals surface area contributed by atoms with Crippen LogP contribution in [0.25, 0.3) is 0 Å². The van der Waals surface area contributed by atoms with Crippen molar-refractivity contribution in [1.29, 1.82) is 0 Å². The van der Waals surface area contributed by atoms with E-state index < -0.39 is 22.4 Å². The molecule has 6 heteroatoms. The molecule has 0 aliphatic heterocycles. The number of halogens is 1. The molecule has 1 aromatic rings. The van der Waals surface area contributed by atoms with Crippen molar-refractivity contribution >= 4 is 11.7 Å². The normalized spacial score (nSPS) is 11.2. The third-order valence-corrected chi connectivity index (χ3v) is 2.46. The maximum absolute atomic E-state index is 13.1. The lowest BCUT2D eigenvalue weighted by molar-refractivity contribution is -0.387. The SMILES string of the molecule is CC(C)(C)CCOC(=O)c1ccc(F)c([N+](=O)[O-])c1. The van der Waals surface area contributed by atoms with Gasteiger partial charge in [0.2, 0.25) is 5.82 Å². The molecule has 0 unspecified atom stereocenters. The monoisotopic (exact) mass is 269 g/mol. The molecule has 0 N–H and O–H groups in total. The standard InChI is InChI=1S/C13H16FNO4/c1-13(2,3)6-7-19-12(16)9-4-5-10(14)11(8-9)15(17)18/h4-5,8H,6-7H2,1-3H3. The number of benzene rings is 1. The summed E-state index contributed by atoms with van der Waals surface area (Å²) in [5.41, 5.74) is -0.734. The largest absolute Gasteiger partial charge is 0.462 e. The molecule has 104 valence electrons. The number of nitro groups is 1. The fraction of sp³-hybridized carbons (Fsp3) is 0.462. The lowest BCUT2D eigenvalue weighted by Gasteiger charge is -2.17. The van der Waals surface area contributed by atoms with Gasteiger partial charge < -0.3 is 4.74 Å². The van der Waals surface area contributed by atoms with Gasteiger partial charge in [0.15, 0.2) is 0 Å². The Labute approximate surface area is 110 Å². The zero-order valence-electron chi connectivity index (χ0n) is 11.1. The first-order chi connectivity index (χ1) is 8.70. The molecule has 0 spiro atoms. The van der Waals surface area contributed by atoms with Crippen LogP contribution in [-0.4, -0.2) is 17.5 Å². The van der Waals surface area contributed by atoms with Crippen molar-refractivity contribution in [3.63, 3.8) is 0 Å². The average Bonchev–Trinajstić information content (AvgIpc) is 2.27. The number of carbonyl (C=O) groups excluding carboxylic acids is 1. The van der Waals surface area contributed by atoms with Gasteiger partial charge in [-0.3, -0.25) is 10.1 Å². The van der Waals surface area contributed by atoms with Crippen LogP contribution in [0.15, 0.2) is 18.2 Å². The summed E-state index contributed by atoms with van der Waals surface area (Å²) in [7, 11) is 0. The molecular formula is C13H16FNO4. The van der Waals surface area contributed by atoms with Gasteiger partial charge in [0.25, 0.3) is 0 Å². The number of nitrogens with zero attached hydrogens (tertiary/aromatic N) is 1. The third kappa shape index (κ3) is 4.65. The Morgan fingerprint density at radius 1 is 1.42 bits per heavy atom. The van der Waals surface area contributed by atoms with E-state index in [9.17, 15) is 19.3 Å². The van der Waals surface area contributed by atoms with Crippen LogP contribution in [0.4, 0.5) is 10.1 Å². The predicted molar refractivity (Wildman–Crippen MR) is 67.4 cm³/mol. The Hall–Kier alpha value is -1.98. The van der Waals surface area contributed by atoms with Crippen LogP contribution in [0.1, 0.15) is 37.6 Å². The van der Waals surface area contributed by atoms with Gasteiger partial charge in [-0.05, 0) is 24.0 Å². The molecule has 0 bridgehead atoms. The summed E-state index contributed by atoms with van der Waals surface area (Å²) in [5, 5.41) is 10.6. The van der Waals surface area contributed by atoms with Crippen molar-refractivity contribution in [2.75, 3.05) is 6.61 Å². The summed E-state index contributed by atoms with van der Waals surface area (Å²) in [6.07, 6.45) is 0.669. The number of hydrogen-bond acceptors (Lipinski definition) is 4. The topological polar surface area (TPSA) is 69.4 Å². The van der Waals surface area contributed by atoms with E-state index in [2.05, 4.69) is 0 Å². The average molecular weight is 269 g/mol. The molecule has 0 aliphatic carbocycles. The lowest BCUT2D eigenvalue weighted by Crippen LogP contribution is -2.13. The zero-order chi connectivity index (χ0) is 14.6. The number of hydrogen-bond donors (Lipinski definition) is 0. The molecular weight excluding hydrogens is 253 g/mol. The van der Waals surface area contributed by atoms with Gasteiger partial charge in [-0.25, -0.2) is 4.79 Å². The lowest BCUT2D eigenvalue weighted by atomic mass is 9.93. The van der Waals surface area contributed by atoms with Gasteiger partial charge in [0.1, 0.15) is 0 Å². The molecule has 5 nitrogen and oxygen atoms in total. The first-order valence-corrected chi connectivity index (χ1v) is 5.82. The van der Waals surface area contributed by atoms with Gasteiger partial charge in [-0.15, -0.1) is 0 Å². The summed E-state index contributed by atoms with van der Waals surface area (Å²) >= 11 is 0. The zero-order valence-corrected chi connectivity index (χ0v) is 11.1.